The molecule has 27 heavy (non-hydrogen) atoms. The van der Waals surface area contributed by atoms with Gasteiger partial charge in [-0.3, -0.25) is 4.79 Å². The first-order chi connectivity index (χ1) is 13.0. The first-order valence-electron chi connectivity index (χ1n) is 9.80. The molecule has 4 atom stereocenters. The molecule has 5 nitrogen and oxygen atoms in total. The predicted octanol–water partition coefficient (Wildman–Crippen LogP) is 3.67. The third-order valence-corrected chi connectivity index (χ3v) is 7.46. The van der Waals surface area contributed by atoms with Gasteiger partial charge in [-0.25, -0.2) is 13.1 Å². The minimum atomic E-state index is -3.48. The number of nitrogens with one attached hydrogen (secondary N) is 1. The number of fused-ring (bicyclic) bond motifs is 2. The first kappa shape index (κ1) is 20.1. The molecular weight excluding hydrogens is 362 g/mol. The topological polar surface area (TPSA) is 72.5 Å². The van der Waals surface area contributed by atoms with Crippen LogP contribution < -0.4 is 4.72 Å². The van der Waals surface area contributed by atoms with Crippen LogP contribution in [0.25, 0.3) is 0 Å². The molecule has 0 heterocycles. The van der Waals surface area contributed by atoms with E-state index in [1.165, 1.54) is 13.5 Å². The van der Waals surface area contributed by atoms with Gasteiger partial charge in [0.15, 0.2) is 0 Å². The fraction of sp³-hybridized carbons (Fsp3) is 0.571. The van der Waals surface area contributed by atoms with E-state index in [1.54, 1.807) is 24.3 Å². The van der Waals surface area contributed by atoms with Gasteiger partial charge in [0.1, 0.15) is 0 Å². The molecule has 2 fully saturated rings. The van der Waals surface area contributed by atoms with Crippen molar-refractivity contribution in [3.8, 4) is 0 Å². The molecule has 2 aliphatic rings. The van der Waals surface area contributed by atoms with Crippen molar-refractivity contribution in [1.82, 2.24) is 4.72 Å². The van der Waals surface area contributed by atoms with Gasteiger partial charge in [-0.1, -0.05) is 30.4 Å². The number of rotatable bonds is 9. The molecule has 148 valence electrons. The van der Waals surface area contributed by atoms with Crippen molar-refractivity contribution in [2.75, 3.05) is 7.11 Å². The maximum Gasteiger partial charge on any atom is 0.305 e. The standard InChI is InChI=1S/C21H29NO4S/c1-26-20(23)12-8-3-2-7-11-19-16-13-14-17(15-16)21(19)22-27(24,25)18-9-5-4-6-10-18/h2,4-7,9-10,16-17,19,21-22H,3,8,11-15H2,1H3/b7-2-/t16-,17+,19-,21+/m1/s1. The molecule has 3 rings (SSSR count). The fourth-order valence-corrected chi connectivity index (χ4v) is 5.99. The first-order valence-corrected chi connectivity index (χ1v) is 11.3. The molecule has 1 aromatic rings. The van der Waals surface area contributed by atoms with Crippen LogP contribution in [0.1, 0.15) is 44.9 Å². The zero-order valence-corrected chi connectivity index (χ0v) is 16.7. The molecule has 0 aromatic heterocycles. The highest BCUT2D eigenvalue weighted by Gasteiger charge is 2.48. The number of hydrogen-bond acceptors (Lipinski definition) is 4. The predicted molar refractivity (Wildman–Crippen MR) is 104 cm³/mol. The van der Waals surface area contributed by atoms with Crippen molar-refractivity contribution in [2.24, 2.45) is 17.8 Å². The Hall–Kier alpha value is -1.66. The summed E-state index contributed by atoms with van der Waals surface area (Å²) in [7, 11) is -2.07. The van der Waals surface area contributed by atoms with E-state index in [1.807, 2.05) is 6.07 Å². The highest BCUT2D eigenvalue weighted by atomic mass is 32.2. The summed E-state index contributed by atoms with van der Waals surface area (Å²) in [5.74, 6) is 1.25. The number of esters is 1. The molecular formula is C21H29NO4S. The van der Waals surface area contributed by atoms with Crippen LogP contribution in [0.2, 0.25) is 0 Å². The second-order valence-corrected chi connectivity index (χ2v) is 9.35. The van der Waals surface area contributed by atoms with Crippen LogP contribution in [0.3, 0.4) is 0 Å². The summed E-state index contributed by atoms with van der Waals surface area (Å²) in [6.45, 7) is 0. The molecule has 0 radical (unpaired) electrons. The molecule has 1 N–H and O–H groups in total. The maximum atomic E-state index is 12.7. The Balaban J connectivity index is 1.57. The molecule has 2 saturated carbocycles. The lowest BCUT2D eigenvalue weighted by molar-refractivity contribution is -0.140. The summed E-state index contributed by atoms with van der Waals surface area (Å²) in [5, 5.41) is 0. The Kier molecular flexibility index (Phi) is 6.71. The lowest BCUT2D eigenvalue weighted by Gasteiger charge is -2.31. The number of benzene rings is 1. The Morgan fingerprint density at radius 1 is 1.19 bits per heavy atom. The number of methoxy groups -OCH3 is 1. The van der Waals surface area contributed by atoms with Crippen molar-refractivity contribution >= 4 is 16.0 Å². The zero-order valence-electron chi connectivity index (χ0n) is 15.8. The second kappa shape index (κ2) is 9.02. The van der Waals surface area contributed by atoms with E-state index >= 15 is 0 Å². The maximum absolute atomic E-state index is 12.7. The molecule has 0 unspecified atom stereocenters. The zero-order chi connectivity index (χ0) is 19.3. The van der Waals surface area contributed by atoms with Gasteiger partial charge in [0.25, 0.3) is 0 Å². The number of ether oxygens (including phenoxy) is 1. The van der Waals surface area contributed by atoms with Gasteiger partial charge in [0.05, 0.1) is 12.0 Å². The summed E-state index contributed by atoms with van der Waals surface area (Å²) in [4.78, 5) is 11.5. The van der Waals surface area contributed by atoms with E-state index in [9.17, 15) is 13.2 Å². The average molecular weight is 392 g/mol. The van der Waals surface area contributed by atoms with Crippen molar-refractivity contribution in [1.29, 1.82) is 0 Å². The van der Waals surface area contributed by atoms with Gasteiger partial charge >= 0.3 is 5.97 Å². The molecule has 0 aliphatic heterocycles. The Morgan fingerprint density at radius 3 is 2.67 bits per heavy atom. The molecule has 0 amide bonds. The minimum Gasteiger partial charge on any atom is -0.469 e. The molecule has 0 spiro atoms. The van der Waals surface area contributed by atoms with E-state index in [0.29, 0.717) is 29.1 Å². The second-order valence-electron chi connectivity index (χ2n) is 7.63. The lowest BCUT2D eigenvalue weighted by atomic mass is 9.83. The van der Waals surface area contributed by atoms with Gasteiger partial charge in [-0.05, 0) is 68.4 Å². The fourth-order valence-electron chi connectivity index (χ4n) is 4.62. The van der Waals surface area contributed by atoms with E-state index < -0.39 is 10.0 Å². The van der Waals surface area contributed by atoms with Gasteiger partial charge in [-0.2, -0.15) is 0 Å². The number of carbonyl (C=O) groups is 1. The molecule has 2 bridgehead atoms. The Bertz CT molecular complexity index is 760. The van der Waals surface area contributed by atoms with Crippen LogP contribution in [0, 0.1) is 17.8 Å². The normalized spacial score (nSPS) is 27.3. The van der Waals surface area contributed by atoms with Crippen molar-refractivity contribution in [3.05, 3.63) is 42.5 Å². The van der Waals surface area contributed by atoms with Crippen LogP contribution in [-0.4, -0.2) is 27.5 Å². The number of sulfonamides is 1. The van der Waals surface area contributed by atoms with Crippen LogP contribution in [0.4, 0.5) is 0 Å². The molecule has 2 aliphatic carbocycles. The van der Waals surface area contributed by atoms with Crippen LogP contribution in [-0.2, 0) is 19.6 Å². The summed E-state index contributed by atoms with van der Waals surface area (Å²) in [6.07, 6.45) is 10.7. The van der Waals surface area contributed by atoms with Crippen molar-refractivity contribution in [3.63, 3.8) is 0 Å². The molecule has 1 aromatic carbocycles. The van der Waals surface area contributed by atoms with E-state index in [4.69, 9.17) is 0 Å². The minimum absolute atomic E-state index is 0.0219. The number of unbranched alkanes of at least 4 members (excludes halogenated alkanes) is 1. The third kappa shape index (κ3) is 4.99. The summed E-state index contributed by atoms with van der Waals surface area (Å²) in [6, 6.07) is 8.64. The van der Waals surface area contributed by atoms with Crippen LogP contribution >= 0.6 is 0 Å². The number of allylic oxidation sites excluding steroid dienone is 2. The Labute approximate surface area is 162 Å². The summed E-state index contributed by atoms with van der Waals surface area (Å²) < 4.78 is 33.1. The average Bonchev–Trinajstić information content (AvgIpc) is 3.27. The van der Waals surface area contributed by atoms with Gasteiger partial charge in [-0.15, -0.1) is 0 Å². The quantitative estimate of drug-likeness (QED) is 0.396. The third-order valence-electron chi connectivity index (χ3n) is 5.99. The molecule has 6 heteroatoms. The Morgan fingerprint density at radius 2 is 1.93 bits per heavy atom. The SMILES string of the molecule is COC(=O)CCC/C=C\C[C@@H]1[C@@H]2CC[C@@H](C2)[C@@H]1NS(=O)(=O)c1ccccc1. The summed E-state index contributed by atoms with van der Waals surface area (Å²) in [5.41, 5.74) is 0. The van der Waals surface area contributed by atoms with E-state index in [2.05, 4.69) is 21.6 Å². The summed E-state index contributed by atoms with van der Waals surface area (Å²) >= 11 is 0. The number of carbonyl (C=O) groups excluding carboxylic acids is 1. The monoisotopic (exact) mass is 391 g/mol. The van der Waals surface area contributed by atoms with Crippen LogP contribution in [0.15, 0.2) is 47.4 Å². The number of hydrogen-bond donors (Lipinski definition) is 1. The van der Waals surface area contributed by atoms with Crippen molar-refractivity contribution in [2.45, 2.75) is 55.9 Å². The van der Waals surface area contributed by atoms with Gasteiger partial charge in [0, 0.05) is 12.5 Å². The molecule has 0 saturated heterocycles. The lowest BCUT2D eigenvalue weighted by Crippen LogP contribution is -2.43. The van der Waals surface area contributed by atoms with E-state index in [-0.39, 0.29) is 12.0 Å². The highest BCUT2D eigenvalue weighted by molar-refractivity contribution is 7.89. The highest BCUT2D eigenvalue weighted by Crippen LogP contribution is 2.50. The van der Waals surface area contributed by atoms with Gasteiger partial charge < -0.3 is 4.74 Å². The van der Waals surface area contributed by atoms with Gasteiger partial charge in [0.2, 0.25) is 10.0 Å². The van der Waals surface area contributed by atoms with Crippen molar-refractivity contribution < 1.29 is 17.9 Å². The van der Waals surface area contributed by atoms with E-state index in [0.717, 1.165) is 32.1 Å². The van der Waals surface area contributed by atoms with Crippen LogP contribution in [0.5, 0.6) is 0 Å². The smallest absolute Gasteiger partial charge is 0.305 e. The largest absolute Gasteiger partial charge is 0.469 e.